The average molecular weight is 662 g/mol. The molecule has 3 nitrogen and oxygen atoms in total. The van der Waals surface area contributed by atoms with Gasteiger partial charge in [-0.05, 0) is 63.4 Å². The molecule has 2 aromatic heterocycles. The Balaban J connectivity index is 1.09. The first-order valence-electron chi connectivity index (χ1n) is 17.6. The van der Waals surface area contributed by atoms with Crippen molar-refractivity contribution in [1.29, 1.82) is 0 Å². The molecule has 0 aliphatic heterocycles. The Hall–Kier alpha value is -6.97. The van der Waals surface area contributed by atoms with Crippen LogP contribution in [0.2, 0.25) is 0 Å². The topological polar surface area (TPSA) is 38.7 Å². The lowest BCUT2D eigenvalue weighted by molar-refractivity contribution is 1.23. The molecule has 0 unspecified atom stereocenters. The fourth-order valence-electron chi connectivity index (χ4n) is 7.53. The minimum Gasteiger partial charge on any atom is -0.247 e. The minimum absolute atomic E-state index is 0.700. The molecular weight excluding hydrogens is 631 g/mol. The molecule has 8 aromatic carbocycles. The van der Waals surface area contributed by atoms with Crippen LogP contribution in [-0.4, -0.2) is 15.0 Å². The highest BCUT2D eigenvalue weighted by molar-refractivity contribution is 6.22. The Kier molecular flexibility index (Phi) is 7.14. The third-order valence-corrected chi connectivity index (χ3v) is 10.0. The molecule has 0 atom stereocenters. The van der Waals surface area contributed by atoms with Crippen molar-refractivity contribution in [3.05, 3.63) is 188 Å². The zero-order valence-corrected chi connectivity index (χ0v) is 28.2. The molecule has 52 heavy (non-hydrogen) atoms. The van der Waals surface area contributed by atoms with Gasteiger partial charge < -0.3 is 0 Å². The van der Waals surface area contributed by atoms with Crippen LogP contribution < -0.4 is 0 Å². The number of nitrogens with zero attached hydrogens (tertiary/aromatic N) is 3. The van der Waals surface area contributed by atoms with Crippen molar-refractivity contribution in [1.82, 2.24) is 15.0 Å². The minimum atomic E-state index is 0.700. The van der Waals surface area contributed by atoms with E-state index in [0.717, 1.165) is 66.6 Å². The zero-order valence-electron chi connectivity index (χ0n) is 28.2. The van der Waals surface area contributed by atoms with Gasteiger partial charge in [-0.2, -0.15) is 0 Å². The van der Waals surface area contributed by atoms with Crippen LogP contribution >= 0.6 is 0 Å². The number of rotatable bonds is 5. The van der Waals surface area contributed by atoms with Crippen molar-refractivity contribution >= 4 is 43.4 Å². The summed E-state index contributed by atoms with van der Waals surface area (Å²) >= 11 is 0. The SMILES string of the molecule is c1ccc(-c2cccc(-c3nc(-c4cccc(-c5cccc(-c6nc7ccccc7c7c6ccc6ccccc67)c5)c4)nc4ccccc34)c2)cc1. The average Bonchev–Trinajstić information content (AvgIpc) is 3.23. The first-order chi connectivity index (χ1) is 25.8. The number of hydrogen-bond acceptors (Lipinski definition) is 3. The van der Waals surface area contributed by atoms with Gasteiger partial charge in [0.05, 0.1) is 22.4 Å². The summed E-state index contributed by atoms with van der Waals surface area (Å²) in [6, 6.07) is 66.2. The molecule has 0 spiro atoms. The number of hydrogen-bond donors (Lipinski definition) is 0. The maximum Gasteiger partial charge on any atom is 0.160 e. The summed E-state index contributed by atoms with van der Waals surface area (Å²) in [4.78, 5) is 15.6. The van der Waals surface area contributed by atoms with Gasteiger partial charge in [-0.15, -0.1) is 0 Å². The molecule has 0 radical (unpaired) electrons. The van der Waals surface area contributed by atoms with E-state index in [1.54, 1.807) is 0 Å². The molecule has 0 saturated carbocycles. The quantitative estimate of drug-likeness (QED) is 0.172. The zero-order chi connectivity index (χ0) is 34.4. The summed E-state index contributed by atoms with van der Waals surface area (Å²) in [6.45, 7) is 0. The van der Waals surface area contributed by atoms with E-state index in [9.17, 15) is 0 Å². The van der Waals surface area contributed by atoms with Crippen molar-refractivity contribution in [3.8, 4) is 56.2 Å². The smallest absolute Gasteiger partial charge is 0.160 e. The predicted octanol–water partition coefficient (Wildman–Crippen LogP) is 12.8. The molecule has 0 amide bonds. The van der Waals surface area contributed by atoms with E-state index >= 15 is 0 Å². The Bertz CT molecular complexity index is 2950. The summed E-state index contributed by atoms with van der Waals surface area (Å²) in [7, 11) is 0. The van der Waals surface area contributed by atoms with Gasteiger partial charge in [0.2, 0.25) is 0 Å². The van der Waals surface area contributed by atoms with Gasteiger partial charge in [0, 0.05) is 38.2 Å². The molecule has 10 rings (SSSR count). The first kappa shape index (κ1) is 29.9. The summed E-state index contributed by atoms with van der Waals surface area (Å²) in [5, 5.41) is 7.06. The van der Waals surface area contributed by atoms with E-state index in [0.29, 0.717) is 5.82 Å². The summed E-state index contributed by atoms with van der Waals surface area (Å²) < 4.78 is 0. The maximum absolute atomic E-state index is 5.25. The predicted molar refractivity (Wildman–Crippen MR) is 217 cm³/mol. The molecular formula is C49H31N3. The second-order valence-electron chi connectivity index (χ2n) is 13.2. The van der Waals surface area contributed by atoms with Crippen LogP contribution in [0.4, 0.5) is 0 Å². The monoisotopic (exact) mass is 661 g/mol. The Labute approximate surface area is 301 Å². The standard InChI is InChI=1S/C49H31N3/c1-2-13-32(14-3-1)34-16-10-19-37(29-34)47-42-24-7-9-26-45(42)51-49(52-47)39-21-12-18-36(31-39)35-17-11-20-38(30-35)48-43-28-27-33-15-4-5-22-40(33)46(43)41-23-6-8-25-44(41)50-48/h1-31H. The molecule has 0 aliphatic carbocycles. The Morgan fingerprint density at radius 1 is 0.269 bits per heavy atom. The number of para-hydroxylation sites is 2. The summed E-state index contributed by atoms with van der Waals surface area (Å²) in [5.41, 5.74) is 11.5. The second-order valence-corrected chi connectivity index (χ2v) is 13.2. The van der Waals surface area contributed by atoms with Crippen molar-refractivity contribution in [3.63, 3.8) is 0 Å². The summed E-state index contributed by atoms with van der Waals surface area (Å²) in [6.07, 6.45) is 0. The van der Waals surface area contributed by atoms with Crippen molar-refractivity contribution in [2.75, 3.05) is 0 Å². The normalized spacial score (nSPS) is 11.5. The maximum atomic E-state index is 5.25. The van der Waals surface area contributed by atoms with E-state index in [1.165, 1.54) is 27.1 Å². The van der Waals surface area contributed by atoms with E-state index in [2.05, 4.69) is 176 Å². The van der Waals surface area contributed by atoms with Crippen LogP contribution in [0.3, 0.4) is 0 Å². The van der Waals surface area contributed by atoms with E-state index in [1.807, 2.05) is 12.1 Å². The van der Waals surface area contributed by atoms with Crippen molar-refractivity contribution in [2.45, 2.75) is 0 Å². The molecule has 242 valence electrons. The largest absolute Gasteiger partial charge is 0.247 e. The number of benzene rings is 8. The molecule has 2 heterocycles. The summed E-state index contributed by atoms with van der Waals surface area (Å²) in [5.74, 6) is 0.700. The highest BCUT2D eigenvalue weighted by atomic mass is 14.9. The van der Waals surface area contributed by atoms with Gasteiger partial charge in [-0.1, -0.05) is 158 Å². The lowest BCUT2D eigenvalue weighted by Crippen LogP contribution is -1.96. The van der Waals surface area contributed by atoms with Gasteiger partial charge in [0.15, 0.2) is 5.82 Å². The van der Waals surface area contributed by atoms with Gasteiger partial charge in [-0.3, -0.25) is 0 Å². The number of pyridine rings is 1. The molecule has 3 heteroatoms. The van der Waals surface area contributed by atoms with Gasteiger partial charge >= 0.3 is 0 Å². The fraction of sp³-hybridized carbons (Fsp3) is 0. The van der Waals surface area contributed by atoms with Crippen LogP contribution in [0.15, 0.2) is 188 Å². The van der Waals surface area contributed by atoms with Gasteiger partial charge in [-0.25, -0.2) is 15.0 Å². The van der Waals surface area contributed by atoms with Crippen LogP contribution in [-0.2, 0) is 0 Å². The Morgan fingerprint density at radius 2 is 0.769 bits per heavy atom. The van der Waals surface area contributed by atoms with Crippen LogP contribution in [0.25, 0.3) is 99.5 Å². The number of aromatic nitrogens is 3. The molecule has 0 bridgehead atoms. The highest BCUT2D eigenvalue weighted by Crippen LogP contribution is 2.39. The third kappa shape index (κ3) is 5.19. The molecule has 10 aromatic rings. The lowest BCUT2D eigenvalue weighted by Gasteiger charge is -2.14. The Morgan fingerprint density at radius 3 is 1.50 bits per heavy atom. The fourth-order valence-corrected chi connectivity index (χ4v) is 7.53. The van der Waals surface area contributed by atoms with Gasteiger partial charge in [0.1, 0.15) is 0 Å². The van der Waals surface area contributed by atoms with Crippen LogP contribution in [0.5, 0.6) is 0 Å². The third-order valence-electron chi connectivity index (χ3n) is 10.0. The molecule has 0 aliphatic rings. The van der Waals surface area contributed by atoms with E-state index in [4.69, 9.17) is 15.0 Å². The van der Waals surface area contributed by atoms with Crippen LogP contribution in [0.1, 0.15) is 0 Å². The van der Waals surface area contributed by atoms with E-state index < -0.39 is 0 Å². The molecule has 0 saturated heterocycles. The van der Waals surface area contributed by atoms with E-state index in [-0.39, 0.29) is 0 Å². The second kappa shape index (κ2) is 12.4. The van der Waals surface area contributed by atoms with Crippen molar-refractivity contribution in [2.24, 2.45) is 0 Å². The first-order valence-corrected chi connectivity index (χ1v) is 17.6. The van der Waals surface area contributed by atoms with Gasteiger partial charge in [0.25, 0.3) is 0 Å². The highest BCUT2D eigenvalue weighted by Gasteiger charge is 2.16. The number of fused-ring (bicyclic) bond motifs is 6. The lowest BCUT2D eigenvalue weighted by atomic mass is 9.94. The van der Waals surface area contributed by atoms with Crippen molar-refractivity contribution < 1.29 is 0 Å². The van der Waals surface area contributed by atoms with Crippen LogP contribution in [0, 0.1) is 0 Å². The molecule has 0 fully saturated rings. The molecule has 0 N–H and O–H groups in total.